The Hall–Kier alpha value is -0.240. The molecule has 5 nitrogen and oxygen atoms in total. The molecule has 2 rings (SSSR count). The lowest BCUT2D eigenvalue weighted by atomic mass is 10.3. The number of methoxy groups -OCH3 is 1. The number of ether oxygens (including phenoxy) is 1. The predicted molar refractivity (Wildman–Crippen MR) is 75.0 cm³/mol. The summed E-state index contributed by atoms with van der Waals surface area (Å²) in [6.45, 7) is 4.31. The van der Waals surface area contributed by atoms with Crippen molar-refractivity contribution in [3.05, 3.63) is 11.7 Å². The van der Waals surface area contributed by atoms with Gasteiger partial charge >= 0.3 is 0 Å². The molecule has 1 fully saturated rings. The standard InChI is InChI=1S/C11H19N3O2S2/c1-8-10(18-6-5-17-8)11-13-9(16-14-11)7-12-3-4-15-2/h8,10,12H,3-7H2,1-2H3. The maximum absolute atomic E-state index is 5.26. The fraction of sp³-hybridized carbons (Fsp3) is 0.818. The second-order valence-electron chi connectivity index (χ2n) is 4.08. The normalized spacial score (nSPS) is 24.3. The van der Waals surface area contributed by atoms with E-state index in [0.29, 0.717) is 29.5 Å². The highest BCUT2D eigenvalue weighted by atomic mass is 32.2. The Labute approximate surface area is 116 Å². The molecule has 1 aliphatic rings. The SMILES string of the molecule is COCCNCc1nc(C2SCCSC2C)no1. The quantitative estimate of drug-likeness (QED) is 0.800. The van der Waals surface area contributed by atoms with Crippen LogP contribution in [0.4, 0.5) is 0 Å². The fourth-order valence-corrected chi connectivity index (χ4v) is 4.42. The average Bonchev–Trinajstić information content (AvgIpc) is 2.84. The van der Waals surface area contributed by atoms with Crippen molar-refractivity contribution < 1.29 is 9.26 Å². The lowest BCUT2D eigenvalue weighted by Gasteiger charge is -2.24. The van der Waals surface area contributed by atoms with E-state index in [1.54, 1.807) is 7.11 Å². The zero-order valence-electron chi connectivity index (χ0n) is 10.7. The van der Waals surface area contributed by atoms with Gasteiger partial charge in [-0.1, -0.05) is 12.1 Å². The second-order valence-corrected chi connectivity index (χ2v) is 6.82. The van der Waals surface area contributed by atoms with Gasteiger partial charge in [-0.3, -0.25) is 0 Å². The van der Waals surface area contributed by atoms with Crippen LogP contribution in [0.2, 0.25) is 0 Å². The lowest BCUT2D eigenvalue weighted by Crippen LogP contribution is -2.19. The molecule has 0 aliphatic carbocycles. The molecule has 102 valence electrons. The summed E-state index contributed by atoms with van der Waals surface area (Å²) in [5.74, 6) is 3.87. The van der Waals surface area contributed by atoms with Crippen LogP contribution in [0.1, 0.15) is 23.9 Å². The van der Waals surface area contributed by atoms with Gasteiger partial charge in [0.25, 0.3) is 0 Å². The largest absolute Gasteiger partial charge is 0.383 e. The van der Waals surface area contributed by atoms with Crippen molar-refractivity contribution in [1.82, 2.24) is 15.5 Å². The molecule has 1 N–H and O–H groups in total. The van der Waals surface area contributed by atoms with Crippen LogP contribution in [0.25, 0.3) is 0 Å². The zero-order valence-corrected chi connectivity index (χ0v) is 12.4. The molecular formula is C11H19N3O2S2. The Morgan fingerprint density at radius 1 is 1.44 bits per heavy atom. The first-order valence-electron chi connectivity index (χ1n) is 6.06. The fourth-order valence-electron chi connectivity index (χ4n) is 1.74. The van der Waals surface area contributed by atoms with Crippen molar-refractivity contribution in [2.24, 2.45) is 0 Å². The van der Waals surface area contributed by atoms with E-state index >= 15 is 0 Å². The first-order valence-corrected chi connectivity index (χ1v) is 8.16. The van der Waals surface area contributed by atoms with E-state index in [9.17, 15) is 0 Å². The summed E-state index contributed by atoms with van der Waals surface area (Å²) >= 11 is 3.90. The minimum absolute atomic E-state index is 0.361. The number of hydrogen-bond donors (Lipinski definition) is 1. The van der Waals surface area contributed by atoms with Gasteiger partial charge in [-0.25, -0.2) is 0 Å². The topological polar surface area (TPSA) is 60.2 Å². The highest BCUT2D eigenvalue weighted by molar-refractivity contribution is 8.06. The van der Waals surface area contributed by atoms with Crippen LogP contribution in [0, 0.1) is 0 Å². The first kappa shape index (κ1) is 14.2. The third-order valence-corrected chi connectivity index (χ3v) is 5.77. The van der Waals surface area contributed by atoms with Gasteiger partial charge in [-0.05, 0) is 0 Å². The van der Waals surface area contributed by atoms with E-state index in [2.05, 4.69) is 22.4 Å². The van der Waals surface area contributed by atoms with Crippen molar-refractivity contribution >= 4 is 23.5 Å². The van der Waals surface area contributed by atoms with E-state index in [-0.39, 0.29) is 0 Å². The third-order valence-electron chi connectivity index (χ3n) is 2.69. The van der Waals surface area contributed by atoms with Crippen molar-refractivity contribution in [3.63, 3.8) is 0 Å². The van der Waals surface area contributed by atoms with Gasteiger partial charge in [-0.2, -0.15) is 16.7 Å². The number of thioether (sulfide) groups is 2. The van der Waals surface area contributed by atoms with Crippen molar-refractivity contribution in [2.45, 2.75) is 24.0 Å². The van der Waals surface area contributed by atoms with Gasteiger partial charge in [0.05, 0.1) is 18.4 Å². The molecule has 18 heavy (non-hydrogen) atoms. The van der Waals surface area contributed by atoms with Crippen LogP contribution in [0.5, 0.6) is 0 Å². The molecule has 2 unspecified atom stereocenters. The molecule has 1 aromatic rings. The van der Waals surface area contributed by atoms with Crippen LogP contribution in [0.3, 0.4) is 0 Å². The highest BCUT2D eigenvalue weighted by Gasteiger charge is 2.28. The molecular weight excluding hydrogens is 270 g/mol. The summed E-state index contributed by atoms with van der Waals surface area (Å²) in [5.41, 5.74) is 0. The summed E-state index contributed by atoms with van der Waals surface area (Å²) < 4.78 is 10.2. The number of nitrogens with zero attached hydrogens (tertiary/aromatic N) is 2. The maximum Gasteiger partial charge on any atom is 0.240 e. The summed E-state index contributed by atoms with van der Waals surface area (Å²) in [7, 11) is 1.69. The number of nitrogens with one attached hydrogen (secondary N) is 1. The maximum atomic E-state index is 5.26. The molecule has 1 aliphatic heterocycles. The Bertz CT molecular complexity index is 362. The van der Waals surface area contributed by atoms with Crippen LogP contribution in [0.15, 0.2) is 4.52 Å². The van der Waals surface area contributed by atoms with Gasteiger partial charge < -0.3 is 14.6 Å². The van der Waals surface area contributed by atoms with E-state index in [1.807, 2.05) is 23.5 Å². The molecule has 2 atom stereocenters. The zero-order chi connectivity index (χ0) is 12.8. The predicted octanol–water partition coefficient (Wildman–Crippen LogP) is 1.72. The Morgan fingerprint density at radius 2 is 2.28 bits per heavy atom. The average molecular weight is 289 g/mol. The first-order chi connectivity index (χ1) is 8.81. The third kappa shape index (κ3) is 3.88. The van der Waals surface area contributed by atoms with Gasteiger partial charge in [0.1, 0.15) is 0 Å². The summed E-state index contributed by atoms with van der Waals surface area (Å²) in [5, 5.41) is 8.21. The molecule has 1 saturated heterocycles. The van der Waals surface area contributed by atoms with E-state index < -0.39 is 0 Å². The number of aromatic nitrogens is 2. The van der Waals surface area contributed by atoms with Crippen molar-refractivity contribution in [2.75, 3.05) is 31.8 Å². The van der Waals surface area contributed by atoms with Gasteiger partial charge in [0, 0.05) is 30.4 Å². The summed E-state index contributed by atoms with van der Waals surface area (Å²) in [6, 6.07) is 0. The number of hydrogen-bond acceptors (Lipinski definition) is 7. The van der Waals surface area contributed by atoms with Gasteiger partial charge in [0.15, 0.2) is 5.82 Å². The Kier molecular flexibility index (Phi) is 5.81. The second kappa shape index (κ2) is 7.37. The van der Waals surface area contributed by atoms with Crippen LogP contribution in [-0.2, 0) is 11.3 Å². The molecule has 0 saturated carbocycles. The Morgan fingerprint density at radius 3 is 3.06 bits per heavy atom. The minimum Gasteiger partial charge on any atom is -0.383 e. The van der Waals surface area contributed by atoms with Crippen LogP contribution >= 0.6 is 23.5 Å². The van der Waals surface area contributed by atoms with Gasteiger partial charge in [0.2, 0.25) is 5.89 Å². The lowest BCUT2D eigenvalue weighted by molar-refractivity contribution is 0.197. The molecule has 7 heteroatoms. The monoisotopic (exact) mass is 289 g/mol. The molecule has 0 radical (unpaired) electrons. The van der Waals surface area contributed by atoms with E-state index in [4.69, 9.17) is 9.26 Å². The smallest absolute Gasteiger partial charge is 0.240 e. The highest BCUT2D eigenvalue weighted by Crippen LogP contribution is 2.40. The van der Waals surface area contributed by atoms with Crippen LogP contribution in [-0.4, -0.2) is 47.2 Å². The molecule has 2 heterocycles. The van der Waals surface area contributed by atoms with Crippen molar-refractivity contribution in [1.29, 1.82) is 0 Å². The Balaban J connectivity index is 1.85. The summed E-state index contributed by atoms with van der Waals surface area (Å²) in [6.07, 6.45) is 0. The van der Waals surface area contributed by atoms with Crippen LogP contribution < -0.4 is 5.32 Å². The van der Waals surface area contributed by atoms with E-state index in [1.165, 1.54) is 5.75 Å². The molecule has 0 amide bonds. The molecule has 1 aromatic heterocycles. The molecule has 0 bridgehead atoms. The summed E-state index contributed by atoms with van der Waals surface area (Å²) in [4.78, 5) is 4.47. The number of rotatable bonds is 6. The minimum atomic E-state index is 0.361. The molecule has 0 spiro atoms. The molecule has 0 aromatic carbocycles. The van der Waals surface area contributed by atoms with Gasteiger partial charge in [-0.15, -0.1) is 11.8 Å². The van der Waals surface area contributed by atoms with E-state index in [0.717, 1.165) is 18.1 Å². The van der Waals surface area contributed by atoms with Crippen molar-refractivity contribution in [3.8, 4) is 0 Å².